The number of anilines is 1. The fraction of sp³-hybridized carbons (Fsp3) is 0.154. The average Bonchev–Trinajstić information content (AvgIpc) is 2.49. The van der Waals surface area contributed by atoms with Gasteiger partial charge in [-0.15, -0.1) is 0 Å². The largest absolute Gasteiger partial charge is 0.409 e. The molecule has 2 aromatic rings. The maximum atomic E-state index is 8.66. The molecule has 2 rings (SSSR count). The van der Waals surface area contributed by atoms with Crippen LogP contribution < -0.4 is 10.6 Å². The zero-order chi connectivity index (χ0) is 14.5. The van der Waals surface area contributed by atoms with E-state index in [0.29, 0.717) is 23.2 Å². The van der Waals surface area contributed by atoms with E-state index in [9.17, 15) is 0 Å². The maximum absolute atomic E-state index is 8.66. The molecule has 0 saturated carbocycles. The number of nitrogens with zero attached hydrogens (tertiary/aromatic N) is 4. The van der Waals surface area contributed by atoms with Gasteiger partial charge in [0.2, 0.25) is 5.95 Å². The Hall–Kier alpha value is -2.34. The Bertz CT molecular complexity index is 632. The molecule has 0 aliphatic rings. The first-order valence-corrected chi connectivity index (χ1v) is 6.25. The Morgan fingerprint density at radius 3 is 2.85 bits per heavy atom. The van der Waals surface area contributed by atoms with Gasteiger partial charge in [0.1, 0.15) is 5.69 Å². The summed E-state index contributed by atoms with van der Waals surface area (Å²) in [5.41, 5.74) is 6.84. The summed E-state index contributed by atoms with van der Waals surface area (Å²) in [6.07, 6.45) is 1.55. The molecule has 3 N–H and O–H groups in total. The van der Waals surface area contributed by atoms with Crippen molar-refractivity contribution in [3.63, 3.8) is 0 Å². The molecule has 1 aromatic heterocycles. The number of rotatable bonds is 4. The predicted octanol–water partition coefficient (Wildman–Crippen LogP) is 1.86. The topological polar surface area (TPSA) is 87.6 Å². The highest BCUT2D eigenvalue weighted by molar-refractivity contribution is 6.31. The highest BCUT2D eigenvalue weighted by Crippen LogP contribution is 2.18. The first-order chi connectivity index (χ1) is 9.61. The van der Waals surface area contributed by atoms with Crippen molar-refractivity contribution in [1.29, 1.82) is 0 Å². The third-order valence-corrected chi connectivity index (χ3v) is 3.09. The van der Waals surface area contributed by atoms with Crippen LogP contribution >= 0.6 is 11.6 Å². The number of benzene rings is 1. The lowest BCUT2D eigenvalue weighted by atomic mass is 10.2. The van der Waals surface area contributed by atoms with Crippen LogP contribution in [0.25, 0.3) is 0 Å². The Morgan fingerprint density at radius 2 is 2.15 bits per heavy atom. The molecule has 0 aliphatic carbocycles. The monoisotopic (exact) mass is 291 g/mol. The Labute approximate surface area is 121 Å². The summed E-state index contributed by atoms with van der Waals surface area (Å²) in [6, 6.07) is 9.14. The quantitative estimate of drug-likeness (QED) is 0.388. The van der Waals surface area contributed by atoms with E-state index in [1.54, 1.807) is 12.3 Å². The summed E-state index contributed by atoms with van der Waals surface area (Å²) in [5, 5.41) is 12.3. The minimum atomic E-state index is -0.0557. The summed E-state index contributed by atoms with van der Waals surface area (Å²) in [7, 11) is 1.84. The number of halogens is 1. The van der Waals surface area contributed by atoms with E-state index in [4.69, 9.17) is 22.5 Å². The van der Waals surface area contributed by atoms with Gasteiger partial charge in [0.25, 0.3) is 0 Å². The van der Waals surface area contributed by atoms with E-state index in [1.807, 2.05) is 36.2 Å². The van der Waals surface area contributed by atoms with Gasteiger partial charge in [0.05, 0.1) is 0 Å². The molecule has 7 heteroatoms. The van der Waals surface area contributed by atoms with Gasteiger partial charge in [0, 0.05) is 24.8 Å². The predicted molar refractivity (Wildman–Crippen MR) is 78.1 cm³/mol. The third kappa shape index (κ3) is 3.16. The number of hydrogen-bond donors (Lipinski definition) is 2. The fourth-order valence-electron chi connectivity index (χ4n) is 1.68. The normalized spacial score (nSPS) is 11.4. The third-order valence-electron chi connectivity index (χ3n) is 2.72. The Morgan fingerprint density at radius 1 is 1.40 bits per heavy atom. The molecule has 0 bridgehead atoms. The number of aromatic nitrogens is 2. The number of nitrogens with two attached hydrogens (primary N) is 1. The summed E-state index contributed by atoms with van der Waals surface area (Å²) in [6.45, 7) is 0.555. The second-order valence-electron chi connectivity index (χ2n) is 4.17. The fourth-order valence-corrected chi connectivity index (χ4v) is 1.87. The molecule has 0 saturated heterocycles. The highest BCUT2D eigenvalue weighted by atomic mass is 35.5. The molecule has 0 radical (unpaired) electrons. The first kappa shape index (κ1) is 14.1. The van der Waals surface area contributed by atoms with Crippen molar-refractivity contribution in [3.8, 4) is 0 Å². The number of hydrogen-bond acceptors (Lipinski definition) is 5. The van der Waals surface area contributed by atoms with E-state index >= 15 is 0 Å². The molecule has 0 unspecified atom stereocenters. The van der Waals surface area contributed by atoms with Gasteiger partial charge < -0.3 is 15.8 Å². The van der Waals surface area contributed by atoms with Crippen LogP contribution in [0, 0.1) is 0 Å². The summed E-state index contributed by atoms with van der Waals surface area (Å²) < 4.78 is 0. The van der Waals surface area contributed by atoms with Crippen LogP contribution in [-0.2, 0) is 6.54 Å². The van der Waals surface area contributed by atoms with Crippen molar-refractivity contribution < 1.29 is 5.21 Å². The standard InChI is InChI=1S/C13H14ClN5O/c1-19(8-9-4-2-3-5-10(9)14)13-16-7-6-11(17-13)12(15)18-20/h2-7,20H,8H2,1H3,(H2,15,18). The zero-order valence-electron chi connectivity index (χ0n) is 10.9. The zero-order valence-corrected chi connectivity index (χ0v) is 11.6. The van der Waals surface area contributed by atoms with Crippen LogP contribution in [0.15, 0.2) is 41.7 Å². The van der Waals surface area contributed by atoms with Gasteiger partial charge in [-0.3, -0.25) is 0 Å². The van der Waals surface area contributed by atoms with Crippen LogP contribution in [0.3, 0.4) is 0 Å². The molecule has 0 aliphatic heterocycles. The lowest BCUT2D eigenvalue weighted by Crippen LogP contribution is -2.22. The average molecular weight is 292 g/mol. The second kappa shape index (κ2) is 6.21. The number of oxime groups is 1. The van der Waals surface area contributed by atoms with E-state index in [1.165, 1.54) is 0 Å². The molecular formula is C13H14ClN5O. The highest BCUT2D eigenvalue weighted by Gasteiger charge is 2.09. The molecule has 0 amide bonds. The van der Waals surface area contributed by atoms with Crippen molar-refractivity contribution in [2.24, 2.45) is 10.9 Å². The first-order valence-electron chi connectivity index (χ1n) is 5.87. The van der Waals surface area contributed by atoms with Gasteiger partial charge in [-0.25, -0.2) is 9.97 Å². The lowest BCUT2D eigenvalue weighted by molar-refractivity contribution is 0.318. The molecule has 0 atom stereocenters. The van der Waals surface area contributed by atoms with Gasteiger partial charge >= 0.3 is 0 Å². The van der Waals surface area contributed by atoms with Crippen LogP contribution in [0.4, 0.5) is 5.95 Å². The lowest BCUT2D eigenvalue weighted by Gasteiger charge is -2.18. The van der Waals surface area contributed by atoms with E-state index in [2.05, 4.69) is 15.1 Å². The SMILES string of the molecule is CN(Cc1ccccc1Cl)c1nccc(/C(N)=N/O)n1. The Balaban J connectivity index is 2.21. The minimum Gasteiger partial charge on any atom is -0.409 e. The summed E-state index contributed by atoms with van der Waals surface area (Å²) in [4.78, 5) is 10.2. The molecule has 0 fully saturated rings. The summed E-state index contributed by atoms with van der Waals surface area (Å²) in [5.74, 6) is 0.411. The van der Waals surface area contributed by atoms with Gasteiger partial charge in [-0.2, -0.15) is 0 Å². The molecule has 1 heterocycles. The van der Waals surface area contributed by atoms with Crippen molar-refractivity contribution in [2.75, 3.05) is 11.9 Å². The van der Waals surface area contributed by atoms with Crippen molar-refractivity contribution in [3.05, 3.63) is 52.8 Å². The van der Waals surface area contributed by atoms with Crippen molar-refractivity contribution >= 4 is 23.4 Å². The molecule has 0 spiro atoms. The van der Waals surface area contributed by atoms with Crippen LogP contribution in [0.2, 0.25) is 5.02 Å². The van der Waals surface area contributed by atoms with E-state index < -0.39 is 0 Å². The second-order valence-corrected chi connectivity index (χ2v) is 4.58. The smallest absolute Gasteiger partial charge is 0.226 e. The Kier molecular flexibility index (Phi) is 4.37. The van der Waals surface area contributed by atoms with Crippen molar-refractivity contribution in [2.45, 2.75) is 6.54 Å². The minimum absolute atomic E-state index is 0.0557. The van der Waals surface area contributed by atoms with E-state index in [-0.39, 0.29) is 5.84 Å². The maximum Gasteiger partial charge on any atom is 0.226 e. The van der Waals surface area contributed by atoms with Gasteiger partial charge in [-0.05, 0) is 17.7 Å². The molecule has 20 heavy (non-hydrogen) atoms. The molecular weight excluding hydrogens is 278 g/mol. The molecule has 104 valence electrons. The van der Waals surface area contributed by atoms with E-state index in [0.717, 1.165) is 5.56 Å². The van der Waals surface area contributed by atoms with Crippen LogP contribution in [0.5, 0.6) is 0 Å². The van der Waals surface area contributed by atoms with Gasteiger partial charge in [0.15, 0.2) is 5.84 Å². The van der Waals surface area contributed by atoms with Crippen molar-refractivity contribution in [1.82, 2.24) is 9.97 Å². The molecule has 1 aromatic carbocycles. The van der Waals surface area contributed by atoms with Gasteiger partial charge in [-0.1, -0.05) is 35.0 Å². The number of amidine groups is 1. The van der Waals surface area contributed by atoms with Crippen LogP contribution in [0.1, 0.15) is 11.3 Å². The van der Waals surface area contributed by atoms with Crippen LogP contribution in [-0.4, -0.2) is 28.1 Å². The molecule has 6 nitrogen and oxygen atoms in total. The summed E-state index contributed by atoms with van der Waals surface area (Å²) >= 11 is 6.12.